The van der Waals surface area contributed by atoms with Crippen molar-refractivity contribution in [2.75, 3.05) is 0 Å². The van der Waals surface area contributed by atoms with E-state index in [9.17, 15) is 0 Å². The normalized spacial score (nSPS) is 18.9. The number of hydrogen-bond donors (Lipinski definition) is 0. The average Bonchev–Trinajstić information content (AvgIpc) is 2.88. The molecular weight excluding hydrogens is 488 g/mol. The first kappa shape index (κ1) is 24.0. The Morgan fingerprint density at radius 3 is 1.03 bits per heavy atom. The average molecular weight is 504 g/mol. The summed E-state index contributed by atoms with van der Waals surface area (Å²) in [6.45, 7) is 0. The Bertz CT molecular complexity index is 1320. The van der Waals surface area contributed by atoms with Crippen molar-refractivity contribution >= 4 is 0 Å². The summed E-state index contributed by atoms with van der Waals surface area (Å²) in [5, 5.41) is 0. The van der Waals surface area contributed by atoms with Crippen LogP contribution in [0.3, 0.4) is 0 Å². The van der Waals surface area contributed by atoms with Crippen LogP contribution in [0.15, 0.2) is 97.1 Å². The second kappa shape index (κ2) is 7.91. The molecule has 0 saturated heterocycles. The highest BCUT2D eigenvalue weighted by atomic mass is 19.3. The molecular formula is C28H16F8. The quantitative estimate of drug-likeness (QED) is 0.239. The van der Waals surface area contributed by atoms with Crippen LogP contribution in [0.2, 0.25) is 0 Å². The van der Waals surface area contributed by atoms with Crippen LogP contribution in [0.1, 0.15) is 22.3 Å². The fourth-order valence-corrected chi connectivity index (χ4v) is 4.44. The van der Waals surface area contributed by atoms with E-state index in [0.29, 0.717) is 36.4 Å². The second-order valence-corrected chi connectivity index (χ2v) is 8.55. The molecule has 4 aliphatic rings. The van der Waals surface area contributed by atoms with Crippen molar-refractivity contribution in [1.82, 2.24) is 0 Å². The van der Waals surface area contributed by atoms with E-state index in [4.69, 9.17) is 0 Å². The summed E-state index contributed by atoms with van der Waals surface area (Å²) in [7, 11) is 0. The maximum atomic E-state index is 15.6. The smallest absolute Gasteiger partial charge is 0.194 e. The topological polar surface area (TPSA) is 0 Å². The van der Waals surface area contributed by atoms with Crippen molar-refractivity contribution in [3.05, 3.63) is 119 Å². The summed E-state index contributed by atoms with van der Waals surface area (Å²) in [4.78, 5) is 0. The Hall–Kier alpha value is -3.68. The predicted molar refractivity (Wildman–Crippen MR) is 119 cm³/mol. The molecule has 0 radical (unpaired) electrons. The van der Waals surface area contributed by atoms with Gasteiger partial charge in [0.1, 0.15) is 0 Å². The monoisotopic (exact) mass is 504 g/mol. The van der Waals surface area contributed by atoms with E-state index in [2.05, 4.69) is 0 Å². The molecule has 0 atom stereocenters. The van der Waals surface area contributed by atoms with Crippen LogP contribution in [0, 0.1) is 0 Å². The Balaban J connectivity index is 1.90. The zero-order valence-electron chi connectivity index (χ0n) is 18.3. The van der Waals surface area contributed by atoms with Crippen molar-refractivity contribution in [2.45, 2.75) is 23.7 Å². The summed E-state index contributed by atoms with van der Waals surface area (Å²) in [5.41, 5.74) is -6.64. The lowest BCUT2D eigenvalue weighted by Crippen LogP contribution is -2.39. The van der Waals surface area contributed by atoms with Gasteiger partial charge in [0.05, 0.1) is 0 Å². The van der Waals surface area contributed by atoms with E-state index in [1.165, 1.54) is 60.7 Å². The van der Waals surface area contributed by atoms with Crippen molar-refractivity contribution in [1.29, 1.82) is 0 Å². The van der Waals surface area contributed by atoms with Gasteiger partial charge in [-0.2, -0.15) is 35.1 Å². The van der Waals surface area contributed by atoms with Crippen LogP contribution in [-0.4, -0.2) is 0 Å². The third-order valence-corrected chi connectivity index (χ3v) is 6.40. The van der Waals surface area contributed by atoms with Crippen LogP contribution < -0.4 is 0 Å². The molecule has 0 amide bonds. The molecule has 0 N–H and O–H groups in total. The van der Waals surface area contributed by atoms with Gasteiger partial charge in [-0.25, -0.2) is 0 Å². The Kier molecular flexibility index (Phi) is 5.28. The van der Waals surface area contributed by atoms with Crippen LogP contribution in [0.4, 0.5) is 35.1 Å². The molecule has 0 saturated carbocycles. The standard InChI is InChI=1S/C28H16F8/c29-25(30)19-11-13-23(21(15-19)17-7-3-1-4-8-17)27(33,34)26(31,32)20-12-14-24(28(25,35)36)22(16-20)18-9-5-2-6-10-18/h1-16H. The van der Waals surface area contributed by atoms with E-state index in [0.717, 1.165) is 0 Å². The fraction of sp³-hybridized carbons (Fsp3) is 0.143. The third kappa shape index (κ3) is 3.34. The maximum Gasteiger partial charge on any atom is 0.340 e. The summed E-state index contributed by atoms with van der Waals surface area (Å²) >= 11 is 0. The van der Waals surface area contributed by atoms with Gasteiger partial charge in [-0.1, -0.05) is 84.9 Å². The molecule has 8 rings (SSSR count). The minimum absolute atomic E-state index is 0.0973. The lowest BCUT2D eigenvalue weighted by Gasteiger charge is -2.34. The zero-order valence-corrected chi connectivity index (χ0v) is 18.3. The highest BCUT2D eigenvalue weighted by Crippen LogP contribution is 2.57. The minimum atomic E-state index is -4.87. The second-order valence-electron chi connectivity index (χ2n) is 8.55. The van der Waals surface area contributed by atoms with Gasteiger partial charge in [-0.3, -0.25) is 0 Å². The number of rotatable bonds is 2. The predicted octanol–water partition coefficient (Wildman–Crippen LogP) is 9.10. The van der Waals surface area contributed by atoms with Crippen molar-refractivity contribution < 1.29 is 35.1 Å². The van der Waals surface area contributed by atoms with E-state index < -0.39 is 57.1 Å². The maximum absolute atomic E-state index is 15.6. The highest BCUT2D eigenvalue weighted by Gasteiger charge is 2.63. The first-order valence-electron chi connectivity index (χ1n) is 10.8. The Labute approximate surface area is 200 Å². The minimum Gasteiger partial charge on any atom is -0.194 e. The largest absolute Gasteiger partial charge is 0.340 e. The summed E-state index contributed by atoms with van der Waals surface area (Å²) < 4.78 is 125. The molecule has 184 valence electrons. The van der Waals surface area contributed by atoms with Gasteiger partial charge in [-0.15, -0.1) is 0 Å². The zero-order chi connectivity index (χ0) is 25.9. The van der Waals surface area contributed by atoms with Crippen molar-refractivity contribution in [3.63, 3.8) is 0 Å². The molecule has 0 aliphatic heterocycles. The molecule has 4 bridgehead atoms. The molecule has 36 heavy (non-hydrogen) atoms. The lowest BCUT2D eigenvalue weighted by atomic mass is 9.82. The molecule has 0 heterocycles. The lowest BCUT2D eigenvalue weighted by molar-refractivity contribution is -0.227. The van der Waals surface area contributed by atoms with Gasteiger partial charge in [0, 0.05) is 22.3 Å². The van der Waals surface area contributed by atoms with Gasteiger partial charge in [0.15, 0.2) is 0 Å². The van der Waals surface area contributed by atoms with Crippen molar-refractivity contribution in [3.8, 4) is 22.3 Å². The van der Waals surface area contributed by atoms with E-state index in [1.807, 2.05) is 0 Å². The van der Waals surface area contributed by atoms with Crippen LogP contribution in [-0.2, 0) is 23.7 Å². The molecule has 0 fully saturated rings. The summed E-state index contributed by atoms with van der Waals surface area (Å²) in [5.74, 6) is -19.5. The Morgan fingerprint density at radius 1 is 0.361 bits per heavy atom. The molecule has 0 aromatic heterocycles. The highest BCUT2D eigenvalue weighted by molar-refractivity contribution is 5.72. The van der Waals surface area contributed by atoms with E-state index in [1.54, 1.807) is 0 Å². The van der Waals surface area contributed by atoms with Crippen LogP contribution in [0.25, 0.3) is 22.3 Å². The molecule has 0 nitrogen and oxygen atoms in total. The van der Waals surface area contributed by atoms with Crippen LogP contribution in [0.5, 0.6) is 0 Å². The fourth-order valence-electron chi connectivity index (χ4n) is 4.44. The van der Waals surface area contributed by atoms with Gasteiger partial charge in [0.25, 0.3) is 0 Å². The number of benzene rings is 4. The first-order chi connectivity index (χ1) is 16.9. The molecule has 4 aromatic rings. The molecule has 0 spiro atoms. The van der Waals surface area contributed by atoms with Gasteiger partial charge >= 0.3 is 23.7 Å². The first-order valence-corrected chi connectivity index (χ1v) is 10.8. The molecule has 4 aromatic carbocycles. The SMILES string of the molecule is FC1(F)c2ccc(c(-c3ccccc3)c2)C(F)(F)C(F)(F)c2ccc(c(-c3ccccc3)c2)C1(F)F. The van der Waals surface area contributed by atoms with E-state index >= 15 is 35.1 Å². The van der Waals surface area contributed by atoms with Gasteiger partial charge in [-0.05, 0) is 34.4 Å². The molecule has 8 heteroatoms. The van der Waals surface area contributed by atoms with Gasteiger partial charge in [0.2, 0.25) is 0 Å². The summed E-state index contributed by atoms with van der Waals surface area (Å²) in [6.07, 6.45) is 0. The Morgan fingerprint density at radius 2 is 0.694 bits per heavy atom. The van der Waals surface area contributed by atoms with Crippen molar-refractivity contribution in [2.24, 2.45) is 0 Å². The van der Waals surface area contributed by atoms with E-state index in [-0.39, 0.29) is 11.1 Å². The van der Waals surface area contributed by atoms with Gasteiger partial charge < -0.3 is 0 Å². The van der Waals surface area contributed by atoms with Crippen LogP contribution >= 0.6 is 0 Å². The number of halogens is 8. The third-order valence-electron chi connectivity index (χ3n) is 6.40. The number of hydrogen-bond acceptors (Lipinski definition) is 0. The molecule has 4 aliphatic carbocycles. The molecule has 0 unspecified atom stereocenters. The number of alkyl halides is 8. The summed E-state index contributed by atoms with van der Waals surface area (Å²) in [6, 6.07) is 15.9.